The zero-order valence-electron chi connectivity index (χ0n) is 16.4. The summed E-state index contributed by atoms with van der Waals surface area (Å²) >= 11 is 1.60. The Morgan fingerprint density at radius 1 is 1.33 bits per heavy atom. The number of amidine groups is 1. The monoisotopic (exact) mass is 424 g/mol. The zero-order chi connectivity index (χ0) is 20.5. The highest BCUT2D eigenvalue weighted by Crippen LogP contribution is 2.27. The molecule has 30 heavy (non-hydrogen) atoms. The van der Waals surface area contributed by atoms with E-state index in [0.717, 1.165) is 51.5 Å². The number of aromatic nitrogens is 2. The lowest BCUT2D eigenvalue weighted by Crippen LogP contribution is -3.10. The van der Waals surface area contributed by atoms with Crippen LogP contribution in [-0.2, 0) is 4.74 Å². The van der Waals surface area contributed by atoms with E-state index < -0.39 is 6.09 Å². The second-order valence-corrected chi connectivity index (χ2v) is 8.45. The Morgan fingerprint density at radius 2 is 2.17 bits per heavy atom. The molecule has 2 aromatic rings. The number of ether oxygens (including phenoxy) is 1. The van der Waals surface area contributed by atoms with E-state index in [9.17, 15) is 4.79 Å². The molecule has 1 fully saturated rings. The molecule has 10 heteroatoms. The molecule has 2 aliphatic heterocycles. The number of aliphatic imine (C=N–C) groups is 1. The lowest BCUT2D eigenvalue weighted by atomic mass is 10.3. The maximum absolute atomic E-state index is 11.8. The van der Waals surface area contributed by atoms with Crippen molar-refractivity contribution in [2.24, 2.45) is 4.99 Å². The second kappa shape index (κ2) is 7.88. The molecule has 0 spiro atoms. The topological polar surface area (TPSA) is 99.1 Å². The van der Waals surface area contributed by atoms with Gasteiger partial charge >= 0.3 is 6.09 Å². The maximum atomic E-state index is 11.8. The lowest BCUT2D eigenvalue weighted by molar-refractivity contribution is -0.699. The molecule has 154 valence electrons. The van der Waals surface area contributed by atoms with E-state index in [1.807, 2.05) is 49.7 Å². The van der Waals surface area contributed by atoms with Crippen LogP contribution in [0, 0.1) is 6.92 Å². The van der Waals surface area contributed by atoms with Gasteiger partial charge in [0.25, 0.3) is 0 Å². The highest BCUT2D eigenvalue weighted by Gasteiger charge is 2.32. The van der Waals surface area contributed by atoms with Crippen LogP contribution in [0.3, 0.4) is 0 Å². The van der Waals surface area contributed by atoms with Gasteiger partial charge in [0.2, 0.25) is 11.7 Å². The summed E-state index contributed by atoms with van der Waals surface area (Å²) in [5, 5.41) is 13.3. The number of fused-ring (bicyclic) bond motifs is 1. The van der Waals surface area contributed by atoms with Gasteiger partial charge in [-0.25, -0.2) is 14.7 Å². The molecule has 1 aromatic heterocycles. The molecule has 4 N–H and O–H groups in total. The van der Waals surface area contributed by atoms with Gasteiger partial charge in [-0.15, -0.1) is 0 Å². The van der Waals surface area contributed by atoms with Gasteiger partial charge in [-0.05, 0) is 56.0 Å². The van der Waals surface area contributed by atoms with Crippen molar-refractivity contribution < 1.29 is 14.4 Å². The molecule has 1 atom stereocenters. The van der Waals surface area contributed by atoms with Crippen molar-refractivity contribution >= 4 is 35.4 Å². The Labute approximate surface area is 178 Å². The van der Waals surface area contributed by atoms with E-state index in [1.165, 1.54) is 0 Å². The van der Waals surface area contributed by atoms with Gasteiger partial charge in [0.05, 0.1) is 12.4 Å². The highest BCUT2D eigenvalue weighted by molar-refractivity contribution is 7.97. The van der Waals surface area contributed by atoms with Gasteiger partial charge in [-0.3, -0.25) is 20.0 Å². The van der Waals surface area contributed by atoms with Crippen LogP contribution in [0.25, 0.3) is 0 Å². The molecular weight excluding hydrogens is 402 g/mol. The molecule has 9 nitrogen and oxygen atoms in total. The SMILES string of the molecule is Cc1cc(NC2=CN(Sc3ccc(NC(=O)OC4CC4)cc3)CC3=NC=C[NH+]23)n[nH]1. The Hall–Kier alpha value is -3.24. The van der Waals surface area contributed by atoms with E-state index in [4.69, 9.17) is 4.74 Å². The number of aryl methyl sites for hydroxylation is 1. The Bertz CT molecular complexity index is 1040. The third-order valence-electron chi connectivity index (χ3n) is 4.74. The summed E-state index contributed by atoms with van der Waals surface area (Å²) in [7, 11) is 0. The molecular formula is C20H22N7O2S+. The molecule has 1 aromatic carbocycles. The van der Waals surface area contributed by atoms with Crippen LogP contribution in [0.1, 0.15) is 18.5 Å². The predicted molar refractivity (Wildman–Crippen MR) is 115 cm³/mol. The minimum atomic E-state index is -0.393. The van der Waals surface area contributed by atoms with E-state index in [1.54, 1.807) is 11.9 Å². The van der Waals surface area contributed by atoms with Crippen LogP contribution >= 0.6 is 11.9 Å². The number of aromatic amines is 1. The van der Waals surface area contributed by atoms with Crippen molar-refractivity contribution in [1.82, 2.24) is 14.5 Å². The zero-order valence-corrected chi connectivity index (χ0v) is 17.2. The number of benzene rings is 1. The number of nitrogens with zero attached hydrogens (tertiary/aromatic N) is 3. The number of nitrogens with one attached hydrogen (secondary N) is 4. The van der Waals surface area contributed by atoms with Crippen LogP contribution in [0.4, 0.5) is 16.3 Å². The summed E-state index contributed by atoms with van der Waals surface area (Å²) in [6, 6.07) is 9.67. The normalized spacial score (nSPS) is 19.8. The molecule has 3 heterocycles. The molecule has 3 aliphatic rings. The molecule has 5 rings (SSSR count). The van der Waals surface area contributed by atoms with E-state index in [0.29, 0.717) is 6.54 Å². The summed E-state index contributed by atoms with van der Waals surface area (Å²) < 4.78 is 7.34. The van der Waals surface area contributed by atoms with Gasteiger partial charge in [0, 0.05) is 22.3 Å². The van der Waals surface area contributed by atoms with Gasteiger partial charge < -0.3 is 4.74 Å². The average Bonchev–Trinajstić information content (AvgIpc) is 3.22. The van der Waals surface area contributed by atoms with Crippen LogP contribution < -0.4 is 15.5 Å². The molecule has 1 amide bonds. The number of carbonyl (C=O) groups is 1. The summed E-state index contributed by atoms with van der Waals surface area (Å²) in [5.74, 6) is 2.74. The van der Waals surface area contributed by atoms with Crippen LogP contribution in [0.15, 0.2) is 64.6 Å². The number of carbonyl (C=O) groups excluding carboxylic acids is 1. The molecule has 1 unspecified atom stereocenters. The molecule has 0 radical (unpaired) electrons. The first-order valence-electron chi connectivity index (χ1n) is 9.76. The first-order valence-corrected chi connectivity index (χ1v) is 10.5. The summed E-state index contributed by atoms with van der Waals surface area (Å²) in [4.78, 5) is 18.4. The number of anilines is 2. The first kappa shape index (κ1) is 18.8. The van der Waals surface area contributed by atoms with Crippen molar-refractivity contribution in [1.29, 1.82) is 0 Å². The first-order chi connectivity index (χ1) is 14.6. The Balaban J connectivity index is 1.25. The average molecular weight is 425 g/mol. The standard InChI is InChI=1S/C20H21N7O2S/c1-13-10-17(25-24-13)23-19-12-26(11-18-21-8-9-27(18)19)30-16-6-2-14(3-7-16)22-20(28)29-15-4-5-15/h2-3,6-10,12,15H,4-5,11H2,1H3,(H,22,28)(H2,23,24,25)/p+1. The third-order valence-corrected chi connectivity index (χ3v) is 5.69. The van der Waals surface area contributed by atoms with Crippen LogP contribution in [0.2, 0.25) is 0 Å². The molecule has 1 aliphatic carbocycles. The highest BCUT2D eigenvalue weighted by atomic mass is 32.2. The van der Waals surface area contributed by atoms with Gasteiger partial charge in [-0.2, -0.15) is 5.10 Å². The summed E-state index contributed by atoms with van der Waals surface area (Å²) in [5.41, 5.74) is 1.71. The van der Waals surface area contributed by atoms with E-state index in [2.05, 4.69) is 36.3 Å². The third kappa shape index (κ3) is 4.34. The number of H-pyrrole nitrogens is 1. The lowest BCUT2D eigenvalue weighted by Gasteiger charge is -2.27. The fourth-order valence-electron chi connectivity index (χ4n) is 3.14. The minimum Gasteiger partial charge on any atom is -0.446 e. The fourth-order valence-corrected chi connectivity index (χ4v) is 4.02. The molecule has 1 saturated carbocycles. The van der Waals surface area contributed by atoms with Crippen molar-refractivity contribution in [3.8, 4) is 0 Å². The van der Waals surface area contributed by atoms with Crippen molar-refractivity contribution in [2.75, 3.05) is 17.2 Å². The quantitative estimate of drug-likeness (QED) is 0.532. The van der Waals surface area contributed by atoms with Gasteiger partial charge in [-0.1, -0.05) is 0 Å². The van der Waals surface area contributed by atoms with Crippen LogP contribution in [0.5, 0.6) is 0 Å². The largest absolute Gasteiger partial charge is 0.446 e. The van der Waals surface area contributed by atoms with Gasteiger partial charge in [0.15, 0.2) is 5.82 Å². The molecule has 0 bridgehead atoms. The Morgan fingerprint density at radius 3 is 2.90 bits per heavy atom. The van der Waals surface area contributed by atoms with E-state index >= 15 is 0 Å². The van der Waals surface area contributed by atoms with E-state index in [-0.39, 0.29) is 6.10 Å². The van der Waals surface area contributed by atoms with Gasteiger partial charge in [0.1, 0.15) is 18.8 Å². The Kier molecular flexibility index (Phi) is 4.93. The van der Waals surface area contributed by atoms with Crippen molar-refractivity contribution in [3.05, 3.63) is 60.4 Å². The summed E-state index contributed by atoms with van der Waals surface area (Å²) in [6.45, 7) is 2.67. The summed E-state index contributed by atoms with van der Waals surface area (Å²) in [6.07, 6.45) is 7.52. The fraction of sp³-hybridized carbons (Fsp3) is 0.250. The molecule has 0 saturated heterocycles. The van der Waals surface area contributed by atoms with Crippen LogP contribution in [-0.4, -0.2) is 39.1 Å². The van der Waals surface area contributed by atoms with Crippen molar-refractivity contribution in [2.45, 2.75) is 30.8 Å². The number of rotatable bonds is 6. The second-order valence-electron chi connectivity index (χ2n) is 7.33. The smallest absolute Gasteiger partial charge is 0.411 e. The maximum Gasteiger partial charge on any atom is 0.411 e. The number of quaternary nitrogens is 1. The number of hydrogen-bond acceptors (Lipinski definition) is 7. The van der Waals surface area contributed by atoms with Crippen molar-refractivity contribution in [3.63, 3.8) is 0 Å². The predicted octanol–water partition coefficient (Wildman–Crippen LogP) is 2.43. The number of amides is 1. The number of hydrogen-bond donors (Lipinski definition) is 4. The minimum absolute atomic E-state index is 0.0913.